The largest absolute Gasteiger partial charge is 0.416 e. The molecule has 0 radical (unpaired) electrons. The van der Waals surface area contributed by atoms with Crippen LogP contribution >= 0.6 is 0 Å². The molecule has 1 fully saturated rings. The van der Waals surface area contributed by atoms with Crippen LogP contribution in [0, 0.1) is 5.82 Å². The summed E-state index contributed by atoms with van der Waals surface area (Å²) < 4.78 is 51.3. The number of nitrogens with zero attached hydrogens (tertiary/aromatic N) is 1. The van der Waals surface area contributed by atoms with Gasteiger partial charge < -0.3 is 0 Å². The van der Waals surface area contributed by atoms with Gasteiger partial charge in [0.15, 0.2) is 0 Å². The standard InChI is InChI=1S/C13H16F4N2/c14-11-5-4-10(12(8-11)13(15,16)17)9-18-19-6-2-1-3-7-19/h4-5,8,18H,1-3,6-7,9H2. The molecule has 0 unspecified atom stereocenters. The van der Waals surface area contributed by atoms with Crippen molar-refractivity contribution in [2.75, 3.05) is 13.1 Å². The summed E-state index contributed by atoms with van der Waals surface area (Å²) in [6.07, 6.45) is -1.28. The SMILES string of the molecule is Fc1ccc(CNN2CCCCC2)c(C(F)(F)F)c1. The Bertz CT molecular complexity index is 425. The molecule has 0 spiro atoms. The van der Waals surface area contributed by atoms with Crippen LogP contribution in [-0.4, -0.2) is 18.1 Å². The molecule has 0 atom stereocenters. The molecule has 1 N–H and O–H groups in total. The zero-order valence-corrected chi connectivity index (χ0v) is 10.4. The third-order valence-corrected chi connectivity index (χ3v) is 3.23. The van der Waals surface area contributed by atoms with E-state index in [-0.39, 0.29) is 12.1 Å². The van der Waals surface area contributed by atoms with Gasteiger partial charge in [-0.25, -0.2) is 9.40 Å². The first-order valence-electron chi connectivity index (χ1n) is 6.31. The molecule has 6 heteroatoms. The predicted molar refractivity (Wildman–Crippen MR) is 63.7 cm³/mol. The summed E-state index contributed by atoms with van der Waals surface area (Å²) in [6.45, 7) is 1.74. The minimum atomic E-state index is -4.53. The van der Waals surface area contributed by atoms with E-state index in [9.17, 15) is 17.6 Å². The van der Waals surface area contributed by atoms with Crippen LogP contribution in [0.3, 0.4) is 0 Å². The fourth-order valence-corrected chi connectivity index (χ4v) is 2.22. The van der Waals surface area contributed by atoms with Crippen LogP contribution in [0.2, 0.25) is 0 Å². The van der Waals surface area contributed by atoms with Gasteiger partial charge in [-0.05, 0) is 30.5 Å². The summed E-state index contributed by atoms with van der Waals surface area (Å²) in [6, 6.07) is 2.80. The van der Waals surface area contributed by atoms with Crippen molar-refractivity contribution >= 4 is 0 Å². The van der Waals surface area contributed by atoms with E-state index in [2.05, 4.69) is 5.43 Å². The molecule has 0 aromatic heterocycles. The van der Waals surface area contributed by atoms with E-state index >= 15 is 0 Å². The van der Waals surface area contributed by atoms with Crippen molar-refractivity contribution in [2.45, 2.75) is 32.0 Å². The quantitative estimate of drug-likeness (QED) is 0.852. The molecular formula is C13H16F4N2. The maximum atomic E-state index is 12.9. The van der Waals surface area contributed by atoms with Crippen LogP contribution in [0.4, 0.5) is 17.6 Å². The lowest BCUT2D eigenvalue weighted by Gasteiger charge is -2.27. The fraction of sp³-hybridized carbons (Fsp3) is 0.538. The van der Waals surface area contributed by atoms with Crippen LogP contribution in [0.15, 0.2) is 18.2 Å². The van der Waals surface area contributed by atoms with E-state index < -0.39 is 17.6 Å². The monoisotopic (exact) mass is 276 g/mol. The lowest BCUT2D eigenvalue weighted by atomic mass is 10.1. The zero-order valence-electron chi connectivity index (χ0n) is 10.4. The molecule has 19 heavy (non-hydrogen) atoms. The van der Waals surface area contributed by atoms with E-state index in [0.717, 1.165) is 38.4 Å². The molecule has 0 aliphatic carbocycles. The van der Waals surface area contributed by atoms with E-state index in [4.69, 9.17) is 0 Å². The summed E-state index contributed by atoms with van der Waals surface area (Å²) >= 11 is 0. The fourth-order valence-electron chi connectivity index (χ4n) is 2.22. The van der Waals surface area contributed by atoms with Crippen LogP contribution in [-0.2, 0) is 12.7 Å². The zero-order chi connectivity index (χ0) is 13.9. The Labute approximate surface area is 109 Å². The molecule has 0 bridgehead atoms. The molecule has 1 heterocycles. The predicted octanol–water partition coefficient (Wildman–Crippen LogP) is 3.34. The van der Waals surface area contributed by atoms with Gasteiger partial charge in [-0.15, -0.1) is 0 Å². The second-order valence-electron chi connectivity index (χ2n) is 4.68. The Balaban J connectivity index is 2.06. The number of alkyl halides is 3. The normalized spacial score (nSPS) is 17.7. The number of hydrogen-bond acceptors (Lipinski definition) is 2. The number of piperidine rings is 1. The third kappa shape index (κ3) is 3.91. The van der Waals surface area contributed by atoms with Gasteiger partial charge >= 0.3 is 6.18 Å². The number of hydrazine groups is 1. The molecule has 106 valence electrons. The Kier molecular flexibility index (Phi) is 4.42. The van der Waals surface area contributed by atoms with Crippen molar-refractivity contribution < 1.29 is 17.6 Å². The maximum Gasteiger partial charge on any atom is 0.416 e. The summed E-state index contributed by atoms with van der Waals surface area (Å²) in [5, 5.41) is 1.92. The first-order chi connectivity index (χ1) is 8.97. The molecule has 1 aliphatic rings. The van der Waals surface area contributed by atoms with Crippen molar-refractivity contribution in [1.29, 1.82) is 0 Å². The highest BCUT2D eigenvalue weighted by Gasteiger charge is 2.33. The number of hydrogen-bond donors (Lipinski definition) is 1. The molecule has 2 nitrogen and oxygen atoms in total. The summed E-state index contributed by atoms with van der Waals surface area (Å²) in [5.74, 6) is -0.867. The highest BCUT2D eigenvalue weighted by Crippen LogP contribution is 2.32. The topological polar surface area (TPSA) is 15.3 Å². The molecule has 0 amide bonds. The van der Waals surface area contributed by atoms with Gasteiger partial charge in [0.2, 0.25) is 0 Å². The highest BCUT2D eigenvalue weighted by molar-refractivity contribution is 5.30. The van der Waals surface area contributed by atoms with E-state index in [1.54, 1.807) is 0 Å². The first-order valence-corrected chi connectivity index (χ1v) is 6.31. The van der Waals surface area contributed by atoms with Gasteiger partial charge in [0.1, 0.15) is 5.82 Å². The molecule has 1 aromatic carbocycles. The number of halogens is 4. The number of nitrogens with one attached hydrogen (secondary N) is 1. The Morgan fingerprint density at radius 1 is 1.11 bits per heavy atom. The second kappa shape index (κ2) is 5.88. The lowest BCUT2D eigenvalue weighted by molar-refractivity contribution is -0.138. The van der Waals surface area contributed by atoms with Crippen molar-refractivity contribution in [1.82, 2.24) is 10.4 Å². The van der Waals surface area contributed by atoms with Gasteiger partial charge in [0.25, 0.3) is 0 Å². The minimum Gasteiger partial charge on any atom is -0.251 e. The van der Waals surface area contributed by atoms with Crippen LogP contribution < -0.4 is 5.43 Å². The number of benzene rings is 1. The minimum absolute atomic E-state index is 0.0646. The van der Waals surface area contributed by atoms with Crippen LogP contribution in [0.1, 0.15) is 30.4 Å². The van der Waals surface area contributed by atoms with Crippen LogP contribution in [0.5, 0.6) is 0 Å². The van der Waals surface area contributed by atoms with Gasteiger partial charge in [-0.1, -0.05) is 12.5 Å². The summed E-state index contributed by atoms with van der Waals surface area (Å²) in [5.41, 5.74) is 2.14. The highest BCUT2D eigenvalue weighted by atomic mass is 19.4. The molecule has 1 saturated heterocycles. The third-order valence-electron chi connectivity index (χ3n) is 3.23. The summed E-state index contributed by atoms with van der Waals surface area (Å²) in [7, 11) is 0. The van der Waals surface area contributed by atoms with Gasteiger partial charge in [-0.2, -0.15) is 13.2 Å². The molecule has 1 aliphatic heterocycles. The van der Waals surface area contributed by atoms with E-state index in [0.29, 0.717) is 6.07 Å². The maximum absolute atomic E-state index is 12.9. The van der Waals surface area contributed by atoms with Crippen molar-refractivity contribution in [2.24, 2.45) is 0 Å². The van der Waals surface area contributed by atoms with Gasteiger partial charge in [-0.3, -0.25) is 5.43 Å². The lowest BCUT2D eigenvalue weighted by Crippen LogP contribution is -2.41. The van der Waals surface area contributed by atoms with E-state index in [1.165, 1.54) is 6.07 Å². The Morgan fingerprint density at radius 3 is 2.42 bits per heavy atom. The second-order valence-corrected chi connectivity index (χ2v) is 4.68. The van der Waals surface area contributed by atoms with Crippen molar-refractivity contribution in [3.05, 3.63) is 35.1 Å². The molecule has 1 aromatic rings. The molecule has 2 rings (SSSR count). The van der Waals surface area contributed by atoms with E-state index in [1.807, 2.05) is 5.01 Å². The average molecular weight is 276 g/mol. The Morgan fingerprint density at radius 2 is 1.79 bits per heavy atom. The first kappa shape index (κ1) is 14.3. The van der Waals surface area contributed by atoms with Gasteiger partial charge in [0, 0.05) is 19.6 Å². The Hall–Kier alpha value is -1.14. The van der Waals surface area contributed by atoms with Crippen molar-refractivity contribution in [3.8, 4) is 0 Å². The molecular weight excluding hydrogens is 260 g/mol. The van der Waals surface area contributed by atoms with Gasteiger partial charge in [0.05, 0.1) is 5.56 Å². The smallest absolute Gasteiger partial charge is 0.251 e. The molecule has 0 saturated carbocycles. The van der Waals surface area contributed by atoms with Crippen molar-refractivity contribution in [3.63, 3.8) is 0 Å². The summed E-state index contributed by atoms with van der Waals surface area (Å²) in [4.78, 5) is 0. The number of rotatable bonds is 3. The van der Waals surface area contributed by atoms with Crippen LogP contribution in [0.25, 0.3) is 0 Å². The average Bonchev–Trinajstić information content (AvgIpc) is 2.37.